The van der Waals surface area contributed by atoms with Crippen molar-refractivity contribution in [3.63, 3.8) is 0 Å². The van der Waals surface area contributed by atoms with Crippen molar-refractivity contribution >= 4 is 59.4 Å². The van der Waals surface area contributed by atoms with Gasteiger partial charge in [-0.3, -0.25) is 52.2 Å². The molecule has 0 aromatic rings. The van der Waals surface area contributed by atoms with Gasteiger partial charge in [-0.25, -0.2) is 0 Å². The zero-order valence-corrected chi connectivity index (χ0v) is 43.7. The van der Waals surface area contributed by atoms with E-state index in [0.29, 0.717) is 45.6 Å². The summed E-state index contributed by atoms with van der Waals surface area (Å²) in [5.74, 6) is -4.87. The highest BCUT2D eigenvalue weighted by Crippen LogP contribution is 2.28. The smallest absolute Gasteiger partial charge is 0.392 e. The SMILES string of the molecule is CCCC[Si](OC(CN1CCN(CC(O)CC)CC1)CS(=O)(=O)O)(OC(CN1CCN(CC(O)CS(=O)(=O)O)CC1)CS(=O)(=O)O)OC(CN1CCN(CC(O)CS(=O)(=O)O)CC1)CS(=O)(=O)O. The number of rotatable bonds is 32. The van der Waals surface area contributed by atoms with Gasteiger partial charge in [-0.2, -0.15) is 42.1 Å². The maximum Gasteiger partial charge on any atom is 0.501 e. The van der Waals surface area contributed by atoms with Crippen molar-refractivity contribution in [2.24, 2.45) is 0 Å². The average Bonchev–Trinajstić information content (AvgIpc) is 3.16. The maximum absolute atomic E-state index is 12.7. The van der Waals surface area contributed by atoms with Gasteiger partial charge in [-0.1, -0.05) is 20.3 Å². The van der Waals surface area contributed by atoms with Gasteiger partial charge in [0.1, 0.15) is 28.8 Å². The maximum atomic E-state index is 12.7. The van der Waals surface area contributed by atoms with Crippen LogP contribution in [0.25, 0.3) is 0 Å². The normalized spacial score (nSPS) is 22.6. The summed E-state index contributed by atoms with van der Waals surface area (Å²) in [6.07, 6.45) is -6.61. The van der Waals surface area contributed by atoms with Gasteiger partial charge in [0.2, 0.25) is 0 Å². The molecular weight excluding hydrogens is 1030 g/mol. The highest BCUT2D eigenvalue weighted by atomic mass is 32.2. The molecule has 0 saturated carbocycles. The van der Waals surface area contributed by atoms with Crippen molar-refractivity contribution in [3.8, 4) is 0 Å². The van der Waals surface area contributed by atoms with Crippen molar-refractivity contribution in [3.05, 3.63) is 0 Å². The molecule has 404 valence electrons. The van der Waals surface area contributed by atoms with Gasteiger partial charge >= 0.3 is 8.80 Å². The number of β-amino-alcohol motifs (C(OH)–C–C–N with tert-alkyl or cyclic N) is 3. The molecule has 8 N–H and O–H groups in total. The van der Waals surface area contributed by atoms with Gasteiger partial charge in [-0.05, 0) is 12.8 Å². The molecule has 3 aliphatic rings. The lowest BCUT2D eigenvalue weighted by molar-refractivity contribution is -0.0353. The van der Waals surface area contributed by atoms with E-state index in [9.17, 15) is 71.1 Å². The summed E-state index contributed by atoms with van der Waals surface area (Å²) >= 11 is 0. The molecule has 0 aromatic heterocycles. The largest absolute Gasteiger partial charge is 0.501 e. The monoisotopic (exact) mass is 1100 g/mol. The zero-order valence-electron chi connectivity index (χ0n) is 38.7. The number of hydrogen-bond donors (Lipinski definition) is 8. The van der Waals surface area contributed by atoms with Gasteiger partial charge in [0.05, 0.1) is 36.6 Å². The first-order valence-corrected chi connectivity index (χ1v) is 32.5. The van der Waals surface area contributed by atoms with Gasteiger partial charge in [0, 0.05) is 124 Å². The molecule has 0 aliphatic carbocycles. The summed E-state index contributed by atoms with van der Waals surface area (Å²) in [6, 6.07) is -0.170. The third-order valence-electron chi connectivity index (χ3n) is 11.5. The van der Waals surface area contributed by atoms with Crippen LogP contribution >= 0.6 is 0 Å². The standard InChI is InChI=1S/C35H74N6O21S5Si/c1-3-5-18-68(60-33(27-65(51,52)53)22-39-12-6-36(7-13-39)19-30(42)4-2,61-34(28-66(54,55)56)23-40-14-8-37(9-15-40)20-31(43)25-63(45,46)47)62-35(29-67(57,58)59)24-41-16-10-38(11-17-41)21-32(44)26-64(48,49)50/h30-35,42-44H,3-29H2,1-2H3,(H,45,46,47)(H,48,49,50)(H,51,52,53)(H,54,55,56)(H,57,58,59). The fraction of sp³-hybridized carbons (Fsp3) is 1.00. The summed E-state index contributed by atoms with van der Waals surface area (Å²) in [6.45, 7) is 6.67. The molecule has 0 spiro atoms. The third-order valence-corrected chi connectivity index (χ3v) is 18.6. The van der Waals surface area contributed by atoms with E-state index >= 15 is 0 Å². The van der Waals surface area contributed by atoms with Crippen molar-refractivity contribution in [2.75, 3.05) is 147 Å². The minimum atomic E-state index is -4.86. The fourth-order valence-corrected chi connectivity index (χ4v) is 15.2. The molecule has 0 amide bonds. The first-order valence-electron chi connectivity index (χ1n) is 22.5. The molecular formula is C35H74N6O21S5Si. The minimum Gasteiger partial charge on any atom is -0.392 e. The number of nitrogens with zero attached hydrogens (tertiary/aromatic N) is 6. The molecule has 6 unspecified atom stereocenters. The summed E-state index contributed by atoms with van der Waals surface area (Å²) in [5.41, 5.74) is 0. The molecule has 0 radical (unpaired) electrons. The number of unbranched alkanes of at least 4 members (excludes halogenated alkanes) is 1. The number of aliphatic hydroxyl groups is 3. The fourth-order valence-electron chi connectivity index (χ4n) is 8.43. The van der Waals surface area contributed by atoms with E-state index in [1.807, 2.05) is 16.7 Å². The average molecular weight is 1100 g/mol. The third kappa shape index (κ3) is 26.8. The molecule has 6 atom stereocenters. The van der Waals surface area contributed by atoms with Gasteiger partial charge < -0.3 is 28.6 Å². The Morgan fingerprint density at radius 1 is 0.397 bits per heavy atom. The van der Waals surface area contributed by atoms with E-state index in [1.165, 1.54) is 0 Å². The zero-order chi connectivity index (χ0) is 51.1. The van der Waals surface area contributed by atoms with Crippen LogP contribution in [-0.2, 0) is 63.9 Å². The first-order chi connectivity index (χ1) is 31.3. The molecule has 3 aliphatic heterocycles. The molecule has 0 bridgehead atoms. The molecule has 68 heavy (non-hydrogen) atoms. The molecule has 33 heteroatoms. The predicted octanol–water partition coefficient (Wildman–Crippen LogP) is -4.33. The highest BCUT2D eigenvalue weighted by molar-refractivity contribution is 7.86. The van der Waals surface area contributed by atoms with Crippen LogP contribution in [0.2, 0.25) is 6.04 Å². The Morgan fingerprint density at radius 2 is 0.632 bits per heavy atom. The quantitative estimate of drug-likeness (QED) is 0.0233. The predicted molar refractivity (Wildman–Crippen MR) is 249 cm³/mol. The van der Waals surface area contributed by atoms with E-state index in [1.54, 1.807) is 26.5 Å². The Kier molecular flexibility index (Phi) is 24.9. The number of hydrogen-bond acceptors (Lipinski definition) is 22. The van der Waals surface area contributed by atoms with E-state index in [-0.39, 0.29) is 97.5 Å². The van der Waals surface area contributed by atoms with Gasteiger partial charge in [-0.15, -0.1) is 0 Å². The molecule has 3 heterocycles. The van der Waals surface area contributed by atoms with Crippen molar-refractivity contribution in [1.82, 2.24) is 29.4 Å². The van der Waals surface area contributed by atoms with E-state index in [4.69, 9.17) is 22.4 Å². The Labute approximate surface area is 402 Å². The van der Waals surface area contributed by atoms with Crippen LogP contribution in [0.3, 0.4) is 0 Å². The van der Waals surface area contributed by atoms with E-state index in [0.717, 1.165) is 0 Å². The van der Waals surface area contributed by atoms with Crippen molar-refractivity contribution in [2.45, 2.75) is 75.8 Å². The van der Waals surface area contributed by atoms with Crippen LogP contribution in [-0.4, -0.2) is 302 Å². The van der Waals surface area contributed by atoms with Crippen molar-refractivity contribution in [1.29, 1.82) is 0 Å². The summed E-state index contributed by atoms with van der Waals surface area (Å²) in [7, 11) is -28.2. The van der Waals surface area contributed by atoms with Crippen LogP contribution in [0.4, 0.5) is 0 Å². The number of aliphatic hydroxyl groups excluding tert-OH is 3. The molecule has 3 fully saturated rings. The lowest BCUT2D eigenvalue weighted by Gasteiger charge is -2.43. The summed E-state index contributed by atoms with van der Waals surface area (Å²) in [5, 5.41) is 30.6. The van der Waals surface area contributed by atoms with Gasteiger partial charge in [0.25, 0.3) is 50.6 Å². The van der Waals surface area contributed by atoms with Crippen LogP contribution < -0.4 is 0 Å². The second-order valence-electron chi connectivity index (χ2n) is 17.9. The summed E-state index contributed by atoms with van der Waals surface area (Å²) < 4.78 is 190. The Balaban J connectivity index is 2.02. The van der Waals surface area contributed by atoms with Gasteiger partial charge in [0.15, 0.2) is 0 Å². The van der Waals surface area contributed by atoms with E-state index in [2.05, 4.69) is 0 Å². The Bertz CT molecular complexity index is 1970. The van der Waals surface area contributed by atoms with Crippen LogP contribution in [0.1, 0.15) is 33.1 Å². The highest BCUT2D eigenvalue weighted by Gasteiger charge is 2.49. The lowest BCUT2D eigenvalue weighted by Crippen LogP contribution is -2.60. The lowest BCUT2D eigenvalue weighted by atomic mass is 10.2. The topological polar surface area (TPSA) is 380 Å². The second-order valence-corrected chi connectivity index (χ2v) is 28.0. The number of piperazine rings is 3. The van der Waals surface area contributed by atoms with Crippen molar-refractivity contribution < 1.29 is 93.5 Å². The van der Waals surface area contributed by atoms with Crippen LogP contribution in [0, 0.1) is 0 Å². The minimum absolute atomic E-state index is 0.113. The Hall–Kier alpha value is -0.713. The molecule has 27 nitrogen and oxygen atoms in total. The van der Waals surface area contributed by atoms with Crippen LogP contribution in [0.15, 0.2) is 0 Å². The molecule has 3 saturated heterocycles. The van der Waals surface area contributed by atoms with E-state index < -0.39 is 125 Å². The first kappa shape index (κ1) is 61.6. The summed E-state index contributed by atoms with van der Waals surface area (Å²) in [4.78, 5) is 10.8. The second kappa shape index (κ2) is 27.5. The van der Waals surface area contributed by atoms with Crippen LogP contribution in [0.5, 0.6) is 0 Å². The Morgan fingerprint density at radius 3 is 0.853 bits per heavy atom. The molecule has 0 aromatic carbocycles. The molecule has 3 rings (SSSR count).